The molecule has 0 aliphatic carbocycles. The lowest BCUT2D eigenvalue weighted by atomic mass is 10.1. The Hall–Kier alpha value is -3.16. The molecule has 1 amide bonds. The SMILES string of the molecule is CCOc1cc(/C=C2\SC(=S)N(c3ccc(OC)cc3)C2=O)cc(I)c1OCc1ccc([N+](=O)[O-])cc1. The zero-order valence-electron chi connectivity index (χ0n) is 19.8. The van der Waals surface area contributed by atoms with Gasteiger partial charge in [0.15, 0.2) is 15.8 Å². The molecule has 1 aliphatic heterocycles. The van der Waals surface area contributed by atoms with Crippen LogP contribution in [-0.4, -0.2) is 28.9 Å². The van der Waals surface area contributed by atoms with Crippen molar-refractivity contribution >= 4 is 74.2 Å². The van der Waals surface area contributed by atoms with Gasteiger partial charge < -0.3 is 14.2 Å². The molecule has 190 valence electrons. The fourth-order valence-corrected chi connectivity index (χ4v) is 5.60. The Morgan fingerprint density at radius 3 is 2.43 bits per heavy atom. The molecule has 0 unspecified atom stereocenters. The third-order valence-corrected chi connectivity index (χ3v) is 7.39. The van der Waals surface area contributed by atoms with E-state index in [1.165, 1.54) is 28.8 Å². The van der Waals surface area contributed by atoms with E-state index in [4.69, 9.17) is 26.4 Å². The molecule has 11 heteroatoms. The number of rotatable bonds is 9. The molecule has 1 heterocycles. The quantitative estimate of drug-likeness (QED) is 0.0844. The molecule has 37 heavy (non-hydrogen) atoms. The van der Waals surface area contributed by atoms with E-state index in [-0.39, 0.29) is 18.2 Å². The molecule has 1 fully saturated rings. The van der Waals surface area contributed by atoms with Crippen LogP contribution in [0.25, 0.3) is 6.08 Å². The fourth-order valence-electron chi connectivity index (χ4n) is 3.52. The number of carbonyl (C=O) groups excluding carboxylic acids is 1. The average Bonchev–Trinajstić information content (AvgIpc) is 3.16. The van der Waals surface area contributed by atoms with Gasteiger partial charge in [-0.1, -0.05) is 24.0 Å². The van der Waals surface area contributed by atoms with Gasteiger partial charge in [-0.15, -0.1) is 0 Å². The number of non-ortho nitro benzene ring substituents is 1. The summed E-state index contributed by atoms with van der Waals surface area (Å²) < 4.78 is 18.3. The molecule has 0 atom stereocenters. The van der Waals surface area contributed by atoms with Crippen LogP contribution in [0, 0.1) is 13.7 Å². The van der Waals surface area contributed by atoms with Gasteiger partial charge in [-0.05, 0) is 95.2 Å². The van der Waals surface area contributed by atoms with Gasteiger partial charge in [0.2, 0.25) is 0 Å². The molecule has 0 N–H and O–H groups in total. The molecule has 1 saturated heterocycles. The second kappa shape index (κ2) is 11.9. The van der Waals surface area contributed by atoms with Crippen molar-refractivity contribution in [2.45, 2.75) is 13.5 Å². The summed E-state index contributed by atoms with van der Waals surface area (Å²) in [5.41, 5.74) is 2.25. The Bertz CT molecular complexity index is 1380. The zero-order chi connectivity index (χ0) is 26.5. The number of anilines is 1. The van der Waals surface area contributed by atoms with E-state index in [9.17, 15) is 14.9 Å². The summed E-state index contributed by atoms with van der Waals surface area (Å²) in [6.07, 6.45) is 1.79. The number of thiocarbonyl (C=S) groups is 1. The van der Waals surface area contributed by atoms with Crippen molar-refractivity contribution in [1.82, 2.24) is 0 Å². The first-order chi connectivity index (χ1) is 17.8. The standard InChI is InChI=1S/C26H21IN2O6S2/c1-3-34-22-13-17(12-21(27)24(22)35-15-16-4-6-19(7-5-16)29(31)32)14-23-25(30)28(26(36)37-23)18-8-10-20(33-2)11-9-18/h4-14H,3,15H2,1-2H3/b23-14-. The van der Waals surface area contributed by atoms with Crippen LogP contribution in [0.3, 0.4) is 0 Å². The lowest BCUT2D eigenvalue weighted by Gasteiger charge is -2.15. The molecule has 0 aromatic heterocycles. The number of nitrogens with zero attached hydrogens (tertiary/aromatic N) is 2. The third-order valence-electron chi connectivity index (χ3n) is 5.28. The van der Waals surface area contributed by atoms with E-state index >= 15 is 0 Å². The van der Waals surface area contributed by atoms with E-state index in [2.05, 4.69) is 22.6 Å². The molecule has 0 spiro atoms. The molecule has 0 saturated carbocycles. The van der Waals surface area contributed by atoms with Gasteiger partial charge in [-0.25, -0.2) is 0 Å². The van der Waals surface area contributed by atoms with Gasteiger partial charge in [0.25, 0.3) is 11.6 Å². The first-order valence-electron chi connectivity index (χ1n) is 11.0. The minimum atomic E-state index is -0.440. The Morgan fingerprint density at radius 1 is 1.11 bits per heavy atom. The molecular formula is C26H21IN2O6S2. The highest BCUT2D eigenvalue weighted by molar-refractivity contribution is 14.1. The van der Waals surface area contributed by atoms with Gasteiger partial charge in [0.1, 0.15) is 12.4 Å². The Morgan fingerprint density at radius 2 is 1.81 bits per heavy atom. The predicted octanol–water partition coefficient (Wildman–Crippen LogP) is 6.59. The van der Waals surface area contributed by atoms with Gasteiger partial charge in [0.05, 0.1) is 32.8 Å². The van der Waals surface area contributed by atoms with Gasteiger partial charge >= 0.3 is 0 Å². The van der Waals surface area contributed by atoms with Crippen LogP contribution in [0.2, 0.25) is 0 Å². The molecule has 3 aromatic carbocycles. The highest BCUT2D eigenvalue weighted by Gasteiger charge is 2.33. The molecule has 8 nitrogen and oxygen atoms in total. The van der Waals surface area contributed by atoms with Crippen molar-refractivity contribution in [3.05, 3.63) is 90.4 Å². The van der Waals surface area contributed by atoms with Crippen LogP contribution in [0.1, 0.15) is 18.1 Å². The van der Waals surface area contributed by atoms with E-state index < -0.39 is 4.92 Å². The lowest BCUT2D eigenvalue weighted by molar-refractivity contribution is -0.384. The maximum absolute atomic E-state index is 13.2. The van der Waals surface area contributed by atoms with Crippen LogP contribution in [0.4, 0.5) is 11.4 Å². The van der Waals surface area contributed by atoms with Crippen LogP contribution < -0.4 is 19.1 Å². The van der Waals surface area contributed by atoms with Gasteiger partial charge in [-0.3, -0.25) is 19.8 Å². The number of nitro benzene ring substituents is 1. The molecule has 4 rings (SSSR count). The van der Waals surface area contributed by atoms with Crippen molar-refractivity contribution in [2.75, 3.05) is 18.6 Å². The van der Waals surface area contributed by atoms with Crippen LogP contribution in [0.15, 0.2) is 65.6 Å². The highest BCUT2D eigenvalue weighted by Crippen LogP contribution is 2.39. The van der Waals surface area contributed by atoms with Crippen LogP contribution >= 0.6 is 46.6 Å². The number of nitro groups is 1. The largest absolute Gasteiger partial charge is 0.497 e. The van der Waals surface area contributed by atoms with E-state index in [1.807, 2.05) is 19.1 Å². The van der Waals surface area contributed by atoms with Crippen molar-refractivity contribution in [3.8, 4) is 17.2 Å². The maximum Gasteiger partial charge on any atom is 0.270 e. The highest BCUT2D eigenvalue weighted by atomic mass is 127. The molecule has 0 bridgehead atoms. The van der Waals surface area contributed by atoms with Crippen molar-refractivity contribution in [1.29, 1.82) is 0 Å². The number of hydrogen-bond donors (Lipinski definition) is 0. The summed E-state index contributed by atoms with van der Waals surface area (Å²) in [4.78, 5) is 25.6. The third kappa shape index (κ3) is 6.22. The summed E-state index contributed by atoms with van der Waals surface area (Å²) in [6.45, 7) is 2.51. The number of ether oxygens (including phenoxy) is 3. The zero-order valence-corrected chi connectivity index (χ0v) is 23.6. The first kappa shape index (κ1) is 26.9. The Kier molecular flexibility index (Phi) is 8.67. The number of carbonyl (C=O) groups is 1. The Balaban J connectivity index is 1.56. The summed E-state index contributed by atoms with van der Waals surface area (Å²) in [6, 6.07) is 17.1. The number of methoxy groups -OCH3 is 1. The molecular weight excluding hydrogens is 627 g/mol. The van der Waals surface area contributed by atoms with E-state index in [0.29, 0.717) is 38.8 Å². The topological polar surface area (TPSA) is 91.1 Å². The number of halogens is 1. The predicted molar refractivity (Wildman–Crippen MR) is 156 cm³/mol. The number of amides is 1. The second-order valence-electron chi connectivity index (χ2n) is 7.69. The molecule has 3 aromatic rings. The number of benzene rings is 3. The number of hydrogen-bond acceptors (Lipinski definition) is 8. The summed E-state index contributed by atoms with van der Waals surface area (Å²) >= 11 is 8.88. The minimum absolute atomic E-state index is 0.0232. The van der Waals surface area contributed by atoms with Gasteiger partial charge in [0, 0.05) is 12.1 Å². The normalized spacial score (nSPS) is 14.2. The monoisotopic (exact) mass is 648 g/mol. The van der Waals surface area contributed by atoms with Crippen molar-refractivity contribution in [3.63, 3.8) is 0 Å². The fraction of sp³-hybridized carbons (Fsp3) is 0.154. The maximum atomic E-state index is 13.2. The smallest absolute Gasteiger partial charge is 0.270 e. The minimum Gasteiger partial charge on any atom is -0.497 e. The first-order valence-corrected chi connectivity index (χ1v) is 13.4. The number of thioether (sulfide) groups is 1. The summed E-state index contributed by atoms with van der Waals surface area (Å²) in [5, 5.41) is 10.9. The summed E-state index contributed by atoms with van der Waals surface area (Å²) in [7, 11) is 1.58. The Labute approximate surface area is 236 Å². The van der Waals surface area contributed by atoms with Crippen molar-refractivity contribution in [2.24, 2.45) is 0 Å². The second-order valence-corrected chi connectivity index (χ2v) is 10.5. The molecule has 1 aliphatic rings. The molecule has 0 radical (unpaired) electrons. The lowest BCUT2D eigenvalue weighted by Crippen LogP contribution is -2.27. The van der Waals surface area contributed by atoms with Gasteiger partial charge in [-0.2, -0.15) is 0 Å². The summed E-state index contributed by atoms with van der Waals surface area (Å²) in [5.74, 6) is 1.59. The van der Waals surface area contributed by atoms with Crippen LogP contribution in [-0.2, 0) is 11.4 Å². The van der Waals surface area contributed by atoms with E-state index in [1.54, 1.807) is 49.6 Å². The van der Waals surface area contributed by atoms with E-state index in [0.717, 1.165) is 14.7 Å². The van der Waals surface area contributed by atoms with Crippen LogP contribution in [0.5, 0.6) is 17.2 Å². The van der Waals surface area contributed by atoms with Crippen molar-refractivity contribution < 1.29 is 23.9 Å². The average molecular weight is 648 g/mol.